The lowest BCUT2D eigenvalue weighted by Gasteiger charge is -2.32. The molecular weight excluding hydrogens is 390 g/mol. The van der Waals surface area contributed by atoms with E-state index in [1.807, 2.05) is 19.1 Å². The first-order valence-corrected chi connectivity index (χ1v) is 10.4. The van der Waals surface area contributed by atoms with Gasteiger partial charge in [0.05, 0.1) is 12.7 Å². The lowest BCUT2D eigenvalue weighted by Crippen LogP contribution is -2.44. The summed E-state index contributed by atoms with van der Waals surface area (Å²) in [5.41, 5.74) is 3.54. The summed E-state index contributed by atoms with van der Waals surface area (Å²) in [6, 6.07) is 8.05. The fourth-order valence-corrected chi connectivity index (χ4v) is 4.00. The van der Waals surface area contributed by atoms with E-state index in [4.69, 9.17) is 16.3 Å². The molecular formula is C22H28ClN3O3. The average molecular weight is 418 g/mol. The van der Waals surface area contributed by atoms with Crippen molar-refractivity contribution in [2.45, 2.75) is 45.7 Å². The van der Waals surface area contributed by atoms with Crippen molar-refractivity contribution in [2.75, 3.05) is 20.2 Å². The number of rotatable bonds is 6. The van der Waals surface area contributed by atoms with Gasteiger partial charge in [-0.2, -0.15) is 0 Å². The largest absolute Gasteiger partial charge is 0.465 e. The van der Waals surface area contributed by atoms with Crippen LogP contribution in [0.3, 0.4) is 0 Å². The van der Waals surface area contributed by atoms with Crippen LogP contribution in [0.4, 0.5) is 0 Å². The topological polar surface area (TPSA) is 74.4 Å². The lowest BCUT2D eigenvalue weighted by atomic mass is 10.0. The highest BCUT2D eigenvalue weighted by Crippen LogP contribution is 2.21. The molecule has 1 amide bonds. The van der Waals surface area contributed by atoms with Gasteiger partial charge in [0, 0.05) is 36.4 Å². The standard InChI is InChI=1S/C22H28ClN3O3/c1-4-18-19(22(28)29-3)14(2)20(25-18)21(27)24-17-9-11-26(12-10-17)13-15-5-7-16(23)8-6-15/h5-8,17,25H,4,9-13H2,1-3H3,(H,24,27). The molecule has 0 atom stereocenters. The fraction of sp³-hybridized carbons (Fsp3) is 0.455. The van der Waals surface area contributed by atoms with E-state index in [0.717, 1.165) is 43.2 Å². The Bertz CT molecular complexity index is 868. The third kappa shape index (κ3) is 5.00. The van der Waals surface area contributed by atoms with Gasteiger partial charge < -0.3 is 15.0 Å². The molecule has 0 radical (unpaired) electrons. The molecule has 0 unspecified atom stereocenters. The second-order valence-electron chi connectivity index (χ2n) is 7.47. The molecule has 1 aromatic heterocycles. The fourth-order valence-electron chi connectivity index (χ4n) is 3.87. The first kappa shape index (κ1) is 21.4. The third-order valence-corrected chi connectivity index (χ3v) is 5.79. The third-order valence-electron chi connectivity index (χ3n) is 5.54. The first-order chi connectivity index (χ1) is 13.9. The minimum absolute atomic E-state index is 0.123. The number of esters is 1. The van der Waals surface area contributed by atoms with Gasteiger partial charge in [0.25, 0.3) is 5.91 Å². The second-order valence-corrected chi connectivity index (χ2v) is 7.91. The van der Waals surface area contributed by atoms with Crippen molar-refractivity contribution < 1.29 is 14.3 Å². The van der Waals surface area contributed by atoms with Crippen molar-refractivity contribution in [3.8, 4) is 0 Å². The number of amides is 1. The highest BCUT2D eigenvalue weighted by molar-refractivity contribution is 6.30. The van der Waals surface area contributed by atoms with Crippen LogP contribution in [-0.2, 0) is 17.7 Å². The zero-order chi connectivity index (χ0) is 21.0. The maximum Gasteiger partial charge on any atom is 0.339 e. The molecule has 1 saturated heterocycles. The van der Waals surface area contributed by atoms with Crippen molar-refractivity contribution in [1.82, 2.24) is 15.2 Å². The number of H-pyrrole nitrogens is 1. The molecule has 1 aromatic carbocycles. The smallest absolute Gasteiger partial charge is 0.339 e. The van der Waals surface area contributed by atoms with E-state index in [-0.39, 0.29) is 11.9 Å². The van der Waals surface area contributed by atoms with E-state index in [1.165, 1.54) is 12.7 Å². The van der Waals surface area contributed by atoms with Gasteiger partial charge in [-0.05, 0) is 49.4 Å². The van der Waals surface area contributed by atoms with Crippen LogP contribution in [0.25, 0.3) is 0 Å². The van der Waals surface area contributed by atoms with Gasteiger partial charge in [0.2, 0.25) is 0 Å². The summed E-state index contributed by atoms with van der Waals surface area (Å²) in [6.45, 7) is 6.45. The van der Waals surface area contributed by atoms with E-state index in [9.17, 15) is 9.59 Å². The molecule has 3 rings (SSSR count). The quantitative estimate of drug-likeness (QED) is 0.702. The van der Waals surface area contributed by atoms with Crippen molar-refractivity contribution in [3.63, 3.8) is 0 Å². The number of ether oxygens (including phenoxy) is 1. The Morgan fingerprint density at radius 3 is 2.48 bits per heavy atom. The molecule has 0 spiro atoms. The van der Waals surface area contributed by atoms with Gasteiger partial charge in [-0.15, -0.1) is 0 Å². The van der Waals surface area contributed by atoms with E-state index in [2.05, 4.69) is 27.3 Å². The van der Waals surface area contributed by atoms with E-state index in [1.54, 1.807) is 6.92 Å². The number of aryl methyl sites for hydroxylation is 1. The van der Waals surface area contributed by atoms with Crippen LogP contribution in [0.1, 0.15) is 57.4 Å². The Morgan fingerprint density at radius 1 is 1.24 bits per heavy atom. The number of halogens is 1. The van der Waals surface area contributed by atoms with Crippen molar-refractivity contribution in [2.24, 2.45) is 0 Å². The SMILES string of the molecule is CCc1[nH]c(C(=O)NC2CCN(Cc3ccc(Cl)cc3)CC2)c(C)c1C(=O)OC. The minimum atomic E-state index is -0.412. The summed E-state index contributed by atoms with van der Waals surface area (Å²) in [5.74, 6) is -0.575. The number of piperidine rings is 1. The predicted octanol–water partition coefficient (Wildman–Crippen LogP) is 3.72. The van der Waals surface area contributed by atoms with E-state index >= 15 is 0 Å². The summed E-state index contributed by atoms with van der Waals surface area (Å²) in [7, 11) is 1.35. The van der Waals surface area contributed by atoms with Crippen LogP contribution in [0.15, 0.2) is 24.3 Å². The molecule has 7 heteroatoms. The lowest BCUT2D eigenvalue weighted by molar-refractivity contribution is 0.0599. The molecule has 2 N–H and O–H groups in total. The maximum absolute atomic E-state index is 12.8. The van der Waals surface area contributed by atoms with Crippen LogP contribution in [0.5, 0.6) is 0 Å². The van der Waals surface area contributed by atoms with Gasteiger partial charge in [-0.1, -0.05) is 30.7 Å². The first-order valence-electron chi connectivity index (χ1n) is 10.00. The van der Waals surface area contributed by atoms with Gasteiger partial charge in [0.1, 0.15) is 5.69 Å². The van der Waals surface area contributed by atoms with Crippen molar-refractivity contribution >= 4 is 23.5 Å². The van der Waals surface area contributed by atoms with Crippen LogP contribution >= 0.6 is 11.6 Å². The number of aromatic amines is 1. The maximum atomic E-state index is 12.8. The summed E-state index contributed by atoms with van der Waals surface area (Å²) in [4.78, 5) is 30.4. The molecule has 6 nitrogen and oxygen atoms in total. The number of hydrogen-bond donors (Lipinski definition) is 2. The summed E-state index contributed by atoms with van der Waals surface area (Å²) in [6.07, 6.45) is 2.41. The number of nitrogens with zero attached hydrogens (tertiary/aromatic N) is 1. The van der Waals surface area contributed by atoms with Crippen LogP contribution < -0.4 is 5.32 Å². The molecule has 29 heavy (non-hydrogen) atoms. The molecule has 1 aliphatic heterocycles. The van der Waals surface area contributed by atoms with Gasteiger partial charge in [0.15, 0.2) is 0 Å². The summed E-state index contributed by atoms with van der Waals surface area (Å²) >= 11 is 5.95. The summed E-state index contributed by atoms with van der Waals surface area (Å²) < 4.78 is 4.87. The zero-order valence-corrected chi connectivity index (χ0v) is 17.9. The minimum Gasteiger partial charge on any atom is -0.465 e. The zero-order valence-electron chi connectivity index (χ0n) is 17.2. The normalized spacial score (nSPS) is 15.3. The van der Waals surface area contributed by atoms with Gasteiger partial charge in [-0.3, -0.25) is 9.69 Å². The van der Waals surface area contributed by atoms with Gasteiger partial charge >= 0.3 is 5.97 Å². The van der Waals surface area contributed by atoms with Crippen LogP contribution in [-0.4, -0.2) is 48.0 Å². The Kier molecular flexibility index (Phi) is 6.98. The molecule has 1 aliphatic rings. The van der Waals surface area contributed by atoms with E-state index < -0.39 is 5.97 Å². The number of aromatic nitrogens is 1. The molecule has 0 bridgehead atoms. The van der Waals surface area contributed by atoms with E-state index in [0.29, 0.717) is 23.2 Å². The number of hydrogen-bond acceptors (Lipinski definition) is 4. The highest BCUT2D eigenvalue weighted by atomic mass is 35.5. The predicted molar refractivity (Wildman–Crippen MR) is 113 cm³/mol. The number of nitrogens with one attached hydrogen (secondary N) is 2. The molecule has 0 saturated carbocycles. The molecule has 2 aromatic rings. The molecule has 156 valence electrons. The Hall–Kier alpha value is -2.31. The molecule has 1 fully saturated rings. The van der Waals surface area contributed by atoms with Gasteiger partial charge in [-0.25, -0.2) is 4.79 Å². The van der Waals surface area contributed by atoms with Crippen molar-refractivity contribution in [1.29, 1.82) is 0 Å². The highest BCUT2D eigenvalue weighted by Gasteiger charge is 2.26. The Labute approximate surface area is 176 Å². The number of carbonyl (C=O) groups excluding carboxylic acids is 2. The second kappa shape index (κ2) is 9.46. The number of benzene rings is 1. The monoisotopic (exact) mass is 417 g/mol. The molecule has 2 heterocycles. The number of carbonyl (C=O) groups is 2. The number of likely N-dealkylation sites (tertiary alicyclic amines) is 1. The average Bonchev–Trinajstić information content (AvgIpc) is 3.07. The van der Waals surface area contributed by atoms with Crippen LogP contribution in [0, 0.1) is 6.92 Å². The van der Waals surface area contributed by atoms with Crippen LogP contribution in [0.2, 0.25) is 5.02 Å². The number of methoxy groups -OCH3 is 1. The Balaban J connectivity index is 1.58. The van der Waals surface area contributed by atoms with Crippen molar-refractivity contribution in [3.05, 3.63) is 57.4 Å². The summed E-state index contributed by atoms with van der Waals surface area (Å²) in [5, 5.41) is 3.87. The Morgan fingerprint density at radius 2 is 1.90 bits per heavy atom. The molecule has 0 aliphatic carbocycles.